The zero-order valence-corrected chi connectivity index (χ0v) is 20.8. The molecular formula is C26H19Cl2N3O3S. The first-order valence-electron chi connectivity index (χ1n) is 10.5. The van der Waals surface area contributed by atoms with Crippen molar-refractivity contribution >= 4 is 58.2 Å². The Morgan fingerprint density at radius 3 is 2.49 bits per heavy atom. The molecule has 0 aromatic heterocycles. The molecule has 176 valence electrons. The van der Waals surface area contributed by atoms with Gasteiger partial charge in [-0.25, -0.2) is 0 Å². The van der Waals surface area contributed by atoms with Crippen LogP contribution in [0, 0.1) is 11.3 Å². The Bertz CT molecular complexity index is 1340. The highest BCUT2D eigenvalue weighted by molar-refractivity contribution is 8.05. The molecule has 0 saturated carbocycles. The van der Waals surface area contributed by atoms with Gasteiger partial charge >= 0.3 is 0 Å². The second kappa shape index (κ2) is 10.9. The van der Waals surface area contributed by atoms with Crippen LogP contribution in [0.15, 0.2) is 83.4 Å². The van der Waals surface area contributed by atoms with Crippen molar-refractivity contribution in [2.75, 3.05) is 17.3 Å². The van der Waals surface area contributed by atoms with E-state index in [0.717, 1.165) is 11.8 Å². The Hall–Kier alpha value is -3.44. The number of hydrogen-bond donors (Lipinski definition) is 1. The number of carbonyl (C=O) groups excluding carboxylic acids is 2. The van der Waals surface area contributed by atoms with E-state index in [1.165, 1.54) is 4.90 Å². The summed E-state index contributed by atoms with van der Waals surface area (Å²) in [5.74, 6) is -0.232. The number of benzene rings is 3. The second-order valence-corrected chi connectivity index (χ2v) is 9.57. The minimum atomic E-state index is -0.615. The molecule has 0 radical (unpaired) electrons. The van der Waals surface area contributed by atoms with Crippen molar-refractivity contribution in [3.63, 3.8) is 0 Å². The number of ether oxygens (including phenoxy) is 1. The van der Waals surface area contributed by atoms with Crippen LogP contribution in [-0.4, -0.2) is 24.2 Å². The Morgan fingerprint density at radius 2 is 1.83 bits per heavy atom. The molecule has 1 saturated heterocycles. The molecule has 1 aliphatic heterocycles. The topological polar surface area (TPSA) is 82.4 Å². The number of anilines is 2. The summed E-state index contributed by atoms with van der Waals surface area (Å²) in [6.07, 6.45) is 0.286. The molecule has 35 heavy (non-hydrogen) atoms. The highest BCUT2D eigenvalue weighted by Crippen LogP contribution is 2.42. The summed E-state index contributed by atoms with van der Waals surface area (Å²) in [5, 5.41) is 13.3. The van der Waals surface area contributed by atoms with Crippen molar-refractivity contribution in [3.05, 3.63) is 99.0 Å². The molecule has 0 spiro atoms. The van der Waals surface area contributed by atoms with Crippen molar-refractivity contribution in [3.8, 4) is 11.8 Å². The number of methoxy groups -OCH3 is 1. The third-order valence-corrected chi connectivity index (χ3v) is 7.15. The lowest BCUT2D eigenvalue weighted by molar-refractivity contribution is -0.117. The second-order valence-electron chi connectivity index (χ2n) is 7.53. The minimum absolute atomic E-state index is 0.164. The van der Waals surface area contributed by atoms with Gasteiger partial charge < -0.3 is 10.1 Å². The van der Waals surface area contributed by atoms with Gasteiger partial charge in [0.05, 0.1) is 12.4 Å². The molecule has 0 bridgehead atoms. The molecule has 1 aliphatic rings. The lowest BCUT2D eigenvalue weighted by atomic mass is 10.1. The van der Waals surface area contributed by atoms with E-state index in [1.54, 1.807) is 73.8 Å². The zero-order chi connectivity index (χ0) is 24.9. The molecule has 0 unspecified atom stereocenters. The summed E-state index contributed by atoms with van der Waals surface area (Å²) in [7, 11) is 1.55. The van der Waals surface area contributed by atoms with E-state index in [-0.39, 0.29) is 22.9 Å². The molecular weight excluding hydrogens is 505 g/mol. The van der Waals surface area contributed by atoms with Crippen LogP contribution in [0.25, 0.3) is 0 Å². The lowest BCUT2D eigenvalue weighted by Gasteiger charge is -2.18. The van der Waals surface area contributed by atoms with Gasteiger partial charge in [0, 0.05) is 21.4 Å². The van der Waals surface area contributed by atoms with Crippen LogP contribution in [0.2, 0.25) is 10.0 Å². The molecule has 1 heterocycles. The monoisotopic (exact) mass is 523 g/mol. The van der Waals surface area contributed by atoms with E-state index < -0.39 is 11.2 Å². The largest absolute Gasteiger partial charge is 0.497 e. The number of carbonyl (C=O) groups is 2. The van der Waals surface area contributed by atoms with Crippen molar-refractivity contribution in [1.82, 2.24) is 0 Å². The molecule has 2 amide bonds. The number of nitriles is 1. The molecule has 3 aromatic rings. The Balaban J connectivity index is 1.70. The van der Waals surface area contributed by atoms with E-state index in [0.29, 0.717) is 32.7 Å². The summed E-state index contributed by atoms with van der Waals surface area (Å²) in [5.41, 5.74) is 1.60. The van der Waals surface area contributed by atoms with Crippen LogP contribution in [0.5, 0.6) is 5.75 Å². The van der Waals surface area contributed by atoms with Crippen LogP contribution >= 0.6 is 35.0 Å². The maximum absolute atomic E-state index is 13.5. The third-order valence-electron chi connectivity index (χ3n) is 5.28. The quantitative estimate of drug-likeness (QED) is 0.313. The zero-order valence-electron chi connectivity index (χ0n) is 18.5. The van der Waals surface area contributed by atoms with Crippen molar-refractivity contribution < 1.29 is 14.3 Å². The van der Waals surface area contributed by atoms with E-state index in [9.17, 15) is 14.9 Å². The van der Waals surface area contributed by atoms with Gasteiger partial charge in [0.25, 0.3) is 5.91 Å². The number of nitrogens with one attached hydrogen (secondary N) is 1. The number of hydrogen-bond acceptors (Lipinski definition) is 5. The van der Waals surface area contributed by atoms with Gasteiger partial charge in [-0.05, 0) is 66.6 Å². The molecule has 1 N–H and O–H groups in total. The molecule has 9 heteroatoms. The molecule has 3 aromatic carbocycles. The smallest absolute Gasteiger partial charge is 0.269 e. The predicted molar refractivity (Wildman–Crippen MR) is 140 cm³/mol. The van der Waals surface area contributed by atoms with Crippen LogP contribution in [0.4, 0.5) is 11.4 Å². The van der Waals surface area contributed by atoms with Crippen LogP contribution in [0.3, 0.4) is 0 Å². The SMILES string of the molecule is COc1ccc(NC(=O)/C(C#N)=C2\S[C@@H](Cc3cc(Cl)ccc3Cl)C(=O)N2c2ccccc2)cc1. The summed E-state index contributed by atoms with van der Waals surface area (Å²) in [4.78, 5) is 28.1. The average Bonchev–Trinajstić information content (AvgIpc) is 3.18. The minimum Gasteiger partial charge on any atom is -0.497 e. The first kappa shape index (κ1) is 24.7. The van der Waals surface area contributed by atoms with Crippen LogP contribution < -0.4 is 15.0 Å². The van der Waals surface area contributed by atoms with Gasteiger partial charge in [-0.15, -0.1) is 0 Å². The summed E-state index contributed by atoms with van der Waals surface area (Å²) < 4.78 is 5.14. The maximum Gasteiger partial charge on any atom is 0.269 e. The highest BCUT2D eigenvalue weighted by atomic mass is 35.5. The number of amides is 2. The van der Waals surface area contributed by atoms with Crippen molar-refractivity contribution in [2.45, 2.75) is 11.7 Å². The van der Waals surface area contributed by atoms with Crippen LogP contribution in [-0.2, 0) is 16.0 Å². The van der Waals surface area contributed by atoms with E-state index in [4.69, 9.17) is 27.9 Å². The lowest BCUT2D eigenvalue weighted by Crippen LogP contribution is -2.30. The Morgan fingerprint density at radius 1 is 1.11 bits per heavy atom. The fraction of sp³-hybridized carbons (Fsp3) is 0.115. The molecule has 4 rings (SSSR count). The van der Waals surface area contributed by atoms with Crippen LogP contribution in [0.1, 0.15) is 5.56 Å². The van der Waals surface area contributed by atoms with E-state index in [2.05, 4.69) is 5.32 Å². The fourth-order valence-corrected chi connectivity index (χ4v) is 5.25. The molecule has 1 atom stereocenters. The van der Waals surface area contributed by atoms with Crippen molar-refractivity contribution in [1.29, 1.82) is 5.26 Å². The summed E-state index contributed by atoms with van der Waals surface area (Å²) in [6.45, 7) is 0. The first-order valence-corrected chi connectivity index (χ1v) is 12.1. The third kappa shape index (κ3) is 5.46. The number of thioether (sulfide) groups is 1. The Kier molecular flexibility index (Phi) is 7.67. The van der Waals surface area contributed by atoms with Gasteiger partial charge in [0.2, 0.25) is 5.91 Å². The molecule has 1 fully saturated rings. The Labute approximate surface area is 217 Å². The van der Waals surface area contributed by atoms with Gasteiger partial charge in [0.15, 0.2) is 0 Å². The fourth-order valence-electron chi connectivity index (χ4n) is 3.57. The highest BCUT2D eigenvalue weighted by Gasteiger charge is 2.41. The van der Waals surface area contributed by atoms with Gasteiger partial charge in [-0.2, -0.15) is 5.26 Å². The first-order chi connectivity index (χ1) is 16.9. The number of nitrogens with zero attached hydrogens (tertiary/aromatic N) is 2. The standard InChI is InChI=1S/C26H19Cl2N3O3S/c1-34-20-10-8-18(9-11-20)30-24(32)21(15-29)26-31(19-5-3-2-4-6-19)25(33)23(35-26)14-16-13-17(27)7-12-22(16)28/h2-13,23H,14H2,1H3,(H,30,32)/b26-21-/t23-/m0/s1. The molecule has 6 nitrogen and oxygen atoms in total. The number of para-hydroxylation sites is 1. The average molecular weight is 524 g/mol. The maximum atomic E-state index is 13.5. The van der Waals surface area contributed by atoms with Crippen molar-refractivity contribution in [2.24, 2.45) is 0 Å². The summed E-state index contributed by atoms with van der Waals surface area (Å²) in [6, 6.07) is 22.7. The van der Waals surface area contributed by atoms with E-state index >= 15 is 0 Å². The normalized spacial score (nSPS) is 16.6. The predicted octanol–water partition coefficient (Wildman–Crippen LogP) is 6.07. The summed E-state index contributed by atoms with van der Waals surface area (Å²) >= 11 is 13.6. The molecule has 0 aliphatic carbocycles. The van der Waals surface area contributed by atoms with Gasteiger partial charge in [-0.1, -0.05) is 53.2 Å². The van der Waals surface area contributed by atoms with Gasteiger partial charge in [0.1, 0.15) is 22.4 Å². The van der Waals surface area contributed by atoms with Gasteiger partial charge in [-0.3, -0.25) is 14.5 Å². The number of rotatable bonds is 6. The van der Waals surface area contributed by atoms with E-state index in [1.807, 2.05) is 12.1 Å². The number of halogens is 2.